The zero-order valence-electron chi connectivity index (χ0n) is 12.7. The molecule has 2 rings (SSSR count). The van der Waals surface area contributed by atoms with E-state index in [1.54, 1.807) is 0 Å². The van der Waals surface area contributed by atoms with Crippen LogP contribution in [0, 0.1) is 5.41 Å². The lowest BCUT2D eigenvalue weighted by atomic mass is 9.74. The van der Waals surface area contributed by atoms with Gasteiger partial charge in [-0.25, -0.2) is 0 Å². The van der Waals surface area contributed by atoms with Crippen molar-refractivity contribution in [3.8, 4) is 0 Å². The molecule has 1 aromatic carbocycles. The number of rotatable bonds is 5. The van der Waals surface area contributed by atoms with Gasteiger partial charge in [0.1, 0.15) is 0 Å². The summed E-state index contributed by atoms with van der Waals surface area (Å²) in [5.74, 6) is 0.268. The van der Waals surface area contributed by atoms with E-state index in [0.29, 0.717) is 6.54 Å². The molecule has 2 heteroatoms. The maximum Gasteiger partial charge on any atom is 0.170 e. The van der Waals surface area contributed by atoms with Crippen molar-refractivity contribution in [3.63, 3.8) is 0 Å². The molecule has 1 saturated carbocycles. The van der Waals surface area contributed by atoms with Crippen LogP contribution in [-0.4, -0.2) is 12.3 Å². The van der Waals surface area contributed by atoms with Gasteiger partial charge in [0.15, 0.2) is 5.78 Å². The van der Waals surface area contributed by atoms with Crippen molar-refractivity contribution in [2.75, 3.05) is 6.54 Å². The highest BCUT2D eigenvalue weighted by Crippen LogP contribution is 2.37. The Kier molecular flexibility index (Phi) is 5.36. The van der Waals surface area contributed by atoms with Crippen molar-refractivity contribution in [2.24, 2.45) is 11.1 Å². The molecule has 2 nitrogen and oxygen atoms in total. The molecule has 2 N–H and O–H groups in total. The third-order valence-electron chi connectivity index (χ3n) is 4.69. The van der Waals surface area contributed by atoms with Crippen molar-refractivity contribution in [1.29, 1.82) is 0 Å². The third kappa shape index (κ3) is 3.29. The average Bonchev–Trinajstić information content (AvgIpc) is 2.74. The summed E-state index contributed by atoms with van der Waals surface area (Å²) in [6.07, 6.45) is 8.89. The normalized spacial score (nSPS) is 18.5. The quantitative estimate of drug-likeness (QED) is 0.647. The highest BCUT2D eigenvalue weighted by molar-refractivity contribution is 6.00. The van der Waals surface area contributed by atoms with Gasteiger partial charge in [0.05, 0.1) is 0 Å². The Morgan fingerprint density at radius 2 is 1.70 bits per heavy atom. The minimum atomic E-state index is -0.303. The summed E-state index contributed by atoms with van der Waals surface area (Å²) >= 11 is 0. The Morgan fingerprint density at radius 1 is 1.10 bits per heavy atom. The molecule has 1 aliphatic rings. The average molecular weight is 273 g/mol. The first kappa shape index (κ1) is 15.2. The number of carbonyl (C=O) groups is 1. The Labute approximate surface area is 122 Å². The molecule has 0 aliphatic heterocycles. The fraction of sp³-hybridized carbons (Fsp3) is 0.611. The number of nitrogens with two attached hydrogens (primary N) is 1. The number of hydrogen-bond donors (Lipinski definition) is 1. The van der Waals surface area contributed by atoms with Gasteiger partial charge in [-0.3, -0.25) is 4.79 Å². The summed E-state index contributed by atoms with van der Waals surface area (Å²) in [5.41, 5.74) is 7.86. The largest absolute Gasteiger partial charge is 0.329 e. The number of hydrogen-bond acceptors (Lipinski definition) is 2. The van der Waals surface area contributed by atoms with Gasteiger partial charge in [0, 0.05) is 17.5 Å². The molecule has 0 atom stereocenters. The summed E-state index contributed by atoms with van der Waals surface area (Å²) in [5, 5.41) is 0. The molecule has 1 fully saturated rings. The summed E-state index contributed by atoms with van der Waals surface area (Å²) < 4.78 is 0. The van der Waals surface area contributed by atoms with E-state index in [-0.39, 0.29) is 11.2 Å². The smallest absolute Gasteiger partial charge is 0.170 e. The molecule has 0 amide bonds. The molecule has 110 valence electrons. The van der Waals surface area contributed by atoms with Crippen molar-refractivity contribution < 1.29 is 4.79 Å². The third-order valence-corrected chi connectivity index (χ3v) is 4.69. The monoisotopic (exact) mass is 273 g/mol. The van der Waals surface area contributed by atoms with E-state index in [9.17, 15) is 4.79 Å². The zero-order valence-corrected chi connectivity index (χ0v) is 12.7. The highest BCUT2D eigenvalue weighted by atomic mass is 16.1. The lowest BCUT2D eigenvalue weighted by Crippen LogP contribution is -2.38. The molecule has 0 bridgehead atoms. The number of aryl methyl sites for hydroxylation is 1. The van der Waals surface area contributed by atoms with Crippen molar-refractivity contribution in [1.82, 2.24) is 0 Å². The summed E-state index contributed by atoms with van der Waals surface area (Å²) in [7, 11) is 0. The maximum atomic E-state index is 12.9. The van der Waals surface area contributed by atoms with E-state index in [4.69, 9.17) is 5.73 Å². The van der Waals surface area contributed by atoms with Crippen LogP contribution in [0.2, 0.25) is 0 Å². The summed E-state index contributed by atoms with van der Waals surface area (Å²) in [6, 6.07) is 8.18. The molecule has 0 saturated heterocycles. The molecule has 0 heterocycles. The van der Waals surface area contributed by atoms with Crippen LogP contribution in [0.15, 0.2) is 24.3 Å². The van der Waals surface area contributed by atoms with E-state index < -0.39 is 0 Å². The lowest BCUT2D eigenvalue weighted by molar-refractivity contribution is 0.0774. The fourth-order valence-corrected chi connectivity index (χ4v) is 3.35. The van der Waals surface area contributed by atoms with Crippen LogP contribution in [0.1, 0.15) is 67.8 Å². The van der Waals surface area contributed by atoms with Crippen LogP contribution in [0.25, 0.3) is 0 Å². The Morgan fingerprint density at radius 3 is 2.20 bits per heavy atom. The molecule has 0 aromatic heterocycles. The Balaban J connectivity index is 2.18. The van der Waals surface area contributed by atoms with Crippen LogP contribution < -0.4 is 5.73 Å². The summed E-state index contributed by atoms with van der Waals surface area (Å²) in [6.45, 7) is 2.66. The van der Waals surface area contributed by atoms with Gasteiger partial charge in [-0.05, 0) is 24.8 Å². The molecular weight excluding hydrogens is 246 g/mol. The number of Topliss-reactive ketones (excluding diaryl/α,β-unsaturated/α-hetero) is 1. The number of benzene rings is 1. The summed E-state index contributed by atoms with van der Waals surface area (Å²) in [4.78, 5) is 12.9. The van der Waals surface area contributed by atoms with Crippen molar-refractivity contribution in [2.45, 2.75) is 58.3 Å². The van der Waals surface area contributed by atoms with Crippen LogP contribution in [0.5, 0.6) is 0 Å². The van der Waals surface area contributed by atoms with Gasteiger partial charge in [-0.1, -0.05) is 63.3 Å². The lowest BCUT2D eigenvalue weighted by Gasteiger charge is -2.29. The van der Waals surface area contributed by atoms with E-state index in [1.807, 2.05) is 12.1 Å². The first-order valence-electron chi connectivity index (χ1n) is 8.06. The fourth-order valence-electron chi connectivity index (χ4n) is 3.35. The SMILES string of the molecule is CCCc1ccc(C(=O)C2(CN)CCCCCC2)cc1. The van der Waals surface area contributed by atoms with Crippen LogP contribution >= 0.6 is 0 Å². The van der Waals surface area contributed by atoms with Crippen molar-refractivity contribution >= 4 is 5.78 Å². The van der Waals surface area contributed by atoms with Crippen LogP contribution in [0.3, 0.4) is 0 Å². The Bertz CT molecular complexity index is 427. The van der Waals surface area contributed by atoms with Gasteiger partial charge >= 0.3 is 0 Å². The first-order valence-corrected chi connectivity index (χ1v) is 8.06. The van der Waals surface area contributed by atoms with Gasteiger partial charge in [-0.15, -0.1) is 0 Å². The van der Waals surface area contributed by atoms with E-state index in [1.165, 1.54) is 18.4 Å². The predicted octanol–water partition coefficient (Wildman–Crippen LogP) is 4.12. The number of carbonyl (C=O) groups excluding carboxylic acids is 1. The Hall–Kier alpha value is -1.15. The van der Waals surface area contributed by atoms with Gasteiger partial charge in [-0.2, -0.15) is 0 Å². The molecule has 1 aliphatic carbocycles. The van der Waals surface area contributed by atoms with Gasteiger partial charge in [0.25, 0.3) is 0 Å². The van der Waals surface area contributed by atoms with Gasteiger partial charge in [0.2, 0.25) is 0 Å². The van der Waals surface area contributed by atoms with Crippen LogP contribution in [0.4, 0.5) is 0 Å². The molecule has 0 spiro atoms. The molecule has 1 aromatic rings. The standard InChI is InChI=1S/C18H27NO/c1-2-7-15-8-10-16(11-9-15)17(20)18(14-19)12-5-3-4-6-13-18/h8-11H,2-7,12-14,19H2,1H3. The predicted molar refractivity (Wildman–Crippen MR) is 84.0 cm³/mol. The second-order valence-corrected chi connectivity index (χ2v) is 6.17. The first-order chi connectivity index (χ1) is 9.72. The second kappa shape index (κ2) is 7.03. The second-order valence-electron chi connectivity index (χ2n) is 6.17. The highest BCUT2D eigenvalue weighted by Gasteiger charge is 2.37. The van der Waals surface area contributed by atoms with E-state index in [2.05, 4.69) is 19.1 Å². The molecule has 20 heavy (non-hydrogen) atoms. The minimum absolute atomic E-state index is 0.268. The van der Waals surface area contributed by atoms with Crippen LogP contribution in [-0.2, 0) is 6.42 Å². The molecule has 0 unspecified atom stereocenters. The zero-order chi connectivity index (χ0) is 14.4. The maximum absolute atomic E-state index is 12.9. The molecular formula is C18H27NO. The number of ketones is 1. The van der Waals surface area contributed by atoms with E-state index >= 15 is 0 Å². The minimum Gasteiger partial charge on any atom is -0.329 e. The van der Waals surface area contributed by atoms with Gasteiger partial charge < -0.3 is 5.73 Å². The van der Waals surface area contributed by atoms with Crippen molar-refractivity contribution in [3.05, 3.63) is 35.4 Å². The molecule has 0 radical (unpaired) electrons. The van der Waals surface area contributed by atoms with E-state index in [0.717, 1.165) is 44.1 Å². The topological polar surface area (TPSA) is 43.1 Å².